The minimum absolute atomic E-state index is 0.0577. The normalized spacial score (nSPS) is 24.4. The maximum atomic E-state index is 11.9. The van der Waals surface area contributed by atoms with E-state index in [1.54, 1.807) is 0 Å². The molecule has 3 unspecified atom stereocenters. The number of carbonyl (C=O) groups is 1. The van der Waals surface area contributed by atoms with Gasteiger partial charge in [-0.15, -0.1) is 0 Å². The summed E-state index contributed by atoms with van der Waals surface area (Å²) >= 11 is 0. The quantitative estimate of drug-likeness (QED) is 0.636. The number of hydrogen-bond donors (Lipinski definition) is 2. The van der Waals surface area contributed by atoms with Gasteiger partial charge in [0.25, 0.3) is 0 Å². The second-order valence-electron chi connectivity index (χ2n) is 6.60. The third-order valence-electron chi connectivity index (χ3n) is 4.52. The van der Waals surface area contributed by atoms with Crippen molar-refractivity contribution in [2.75, 3.05) is 13.1 Å². The summed E-state index contributed by atoms with van der Waals surface area (Å²) in [7, 11) is 0. The molecule has 0 aromatic rings. The maximum Gasteiger partial charge on any atom is 0.236 e. The molecule has 2 N–H and O–H groups in total. The predicted molar refractivity (Wildman–Crippen MR) is 85.7 cm³/mol. The van der Waals surface area contributed by atoms with Crippen molar-refractivity contribution in [3.63, 3.8) is 0 Å². The molecule has 0 spiro atoms. The van der Waals surface area contributed by atoms with Crippen LogP contribution in [0.15, 0.2) is 0 Å². The van der Waals surface area contributed by atoms with Gasteiger partial charge < -0.3 is 10.6 Å². The Morgan fingerprint density at radius 3 is 2.75 bits per heavy atom. The Hall–Kier alpha value is -0.570. The van der Waals surface area contributed by atoms with Gasteiger partial charge in [0.05, 0.1) is 6.04 Å². The second kappa shape index (κ2) is 10.2. The zero-order valence-corrected chi connectivity index (χ0v) is 13.7. The van der Waals surface area contributed by atoms with Crippen LogP contribution in [-0.2, 0) is 4.79 Å². The number of carbonyl (C=O) groups excluding carboxylic acids is 1. The molecule has 0 radical (unpaired) electrons. The standard InChI is InChI=1S/C17H34N2O/c1-4-5-6-11-19-17(20)15(3)18-12-10-16-9-7-8-14(2)13-16/h14-16,18H,4-13H2,1-3H3,(H,19,20). The predicted octanol–water partition coefficient (Wildman–Crippen LogP) is 3.49. The Morgan fingerprint density at radius 1 is 1.25 bits per heavy atom. The van der Waals surface area contributed by atoms with Gasteiger partial charge in [0.15, 0.2) is 0 Å². The highest BCUT2D eigenvalue weighted by Crippen LogP contribution is 2.30. The average Bonchev–Trinajstić information content (AvgIpc) is 2.43. The minimum atomic E-state index is -0.0577. The zero-order chi connectivity index (χ0) is 14.8. The molecule has 0 heterocycles. The van der Waals surface area contributed by atoms with Crippen LogP contribution in [0.5, 0.6) is 0 Å². The molecule has 1 aliphatic rings. The van der Waals surface area contributed by atoms with E-state index in [0.29, 0.717) is 0 Å². The number of hydrogen-bond acceptors (Lipinski definition) is 2. The van der Waals surface area contributed by atoms with Crippen molar-refractivity contribution in [2.24, 2.45) is 11.8 Å². The lowest BCUT2D eigenvalue weighted by atomic mass is 9.81. The van der Waals surface area contributed by atoms with Crippen molar-refractivity contribution in [1.29, 1.82) is 0 Å². The first kappa shape index (κ1) is 17.5. The zero-order valence-electron chi connectivity index (χ0n) is 13.7. The molecule has 0 saturated heterocycles. The minimum Gasteiger partial charge on any atom is -0.355 e. The first-order valence-corrected chi connectivity index (χ1v) is 8.64. The molecular formula is C17H34N2O. The maximum absolute atomic E-state index is 11.9. The van der Waals surface area contributed by atoms with Crippen molar-refractivity contribution in [1.82, 2.24) is 10.6 Å². The molecule has 3 nitrogen and oxygen atoms in total. The number of nitrogens with one attached hydrogen (secondary N) is 2. The van der Waals surface area contributed by atoms with E-state index in [1.807, 2.05) is 6.92 Å². The summed E-state index contributed by atoms with van der Waals surface area (Å²) in [4.78, 5) is 11.9. The second-order valence-corrected chi connectivity index (χ2v) is 6.60. The van der Waals surface area contributed by atoms with Crippen molar-refractivity contribution in [3.8, 4) is 0 Å². The SMILES string of the molecule is CCCCCNC(=O)C(C)NCCC1CCCC(C)C1. The highest BCUT2D eigenvalue weighted by molar-refractivity contribution is 5.81. The molecule has 3 heteroatoms. The molecule has 1 saturated carbocycles. The van der Waals surface area contributed by atoms with Crippen LogP contribution in [0.1, 0.15) is 72.1 Å². The molecule has 3 atom stereocenters. The summed E-state index contributed by atoms with van der Waals surface area (Å²) in [5.41, 5.74) is 0. The summed E-state index contributed by atoms with van der Waals surface area (Å²) in [5, 5.41) is 6.38. The third kappa shape index (κ3) is 7.28. The Morgan fingerprint density at radius 2 is 2.05 bits per heavy atom. The largest absolute Gasteiger partial charge is 0.355 e. The van der Waals surface area contributed by atoms with E-state index < -0.39 is 0 Å². The molecule has 0 aromatic heterocycles. The summed E-state index contributed by atoms with van der Waals surface area (Å²) in [5.74, 6) is 1.91. The van der Waals surface area contributed by atoms with Gasteiger partial charge in [0, 0.05) is 6.54 Å². The van der Waals surface area contributed by atoms with Crippen LogP contribution < -0.4 is 10.6 Å². The average molecular weight is 282 g/mol. The van der Waals surface area contributed by atoms with E-state index in [9.17, 15) is 4.79 Å². The van der Waals surface area contributed by atoms with E-state index in [-0.39, 0.29) is 11.9 Å². The molecule has 0 aromatic carbocycles. The van der Waals surface area contributed by atoms with Crippen LogP contribution in [0.2, 0.25) is 0 Å². The van der Waals surface area contributed by atoms with E-state index in [2.05, 4.69) is 24.5 Å². The Bertz CT molecular complexity index is 268. The molecule has 0 bridgehead atoms. The third-order valence-corrected chi connectivity index (χ3v) is 4.52. The summed E-state index contributed by atoms with van der Waals surface area (Å²) in [6.45, 7) is 8.31. The van der Waals surface area contributed by atoms with Gasteiger partial charge in [-0.1, -0.05) is 46.0 Å². The molecule has 1 aliphatic carbocycles. The molecule has 118 valence electrons. The van der Waals surface area contributed by atoms with Gasteiger partial charge in [-0.25, -0.2) is 0 Å². The van der Waals surface area contributed by atoms with E-state index in [0.717, 1.165) is 31.3 Å². The van der Waals surface area contributed by atoms with Gasteiger partial charge in [-0.05, 0) is 44.6 Å². The van der Waals surface area contributed by atoms with E-state index in [4.69, 9.17) is 0 Å². The fourth-order valence-electron chi connectivity index (χ4n) is 3.16. The lowest BCUT2D eigenvalue weighted by Gasteiger charge is -2.27. The van der Waals surface area contributed by atoms with Crippen LogP contribution in [0, 0.1) is 11.8 Å². The fraction of sp³-hybridized carbons (Fsp3) is 0.941. The number of rotatable bonds is 9. The van der Waals surface area contributed by atoms with Crippen LogP contribution in [0.3, 0.4) is 0 Å². The lowest BCUT2D eigenvalue weighted by molar-refractivity contribution is -0.122. The first-order valence-electron chi connectivity index (χ1n) is 8.64. The summed E-state index contributed by atoms with van der Waals surface area (Å²) < 4.78 is 0. The van der Waals surface area contributed by atoms with Crippen molar-refractivity contribution in [3.05, 3.63) is 0 Å². The Labute approximate surface area is 125 Å². The van der Waals surface area contributed by atoms with Gasteiger partial charge in [-0.3, -0.25) is 4.79 Å². The Balaban J connectivity index is 2.06. The van der Waals surface area contributed by atoms with Crippen molar-refractivity contribution in [2.45, 2.75) is 78.2 Å². The molecule has 1 rings (SSSR count). The smallest absolute Gasteiger partial charge is 0.236 e. The molecule has 1 amide bonds. The van der Waals surface area contributed by atoms with Crippen LogP contribution >= 0.6 is 0 Å². The Kier molecular flexibility index (Phi) is 8.92. The van der Waals surface area contributed by atoms with Crippen molar-refractivity contribution >= 4 is 5.91 Å². The molecule has 0 aliphatic heterocycles. The van der Waals surface area contributed by atoms with Crippen molar-refractivity contribution < 1.29 is 4.79 Å². The van der Waals surface area contributed by atoms with Crippen LogP contribution in [-0.4, -0.2) is 25.0 Å². The van der Waals surface area contributed by atoms with E-state index in [1.165, 1.54) is 44.9 Å². The van der Waals surface area contributed by atoms with Gasteiger partial charge in [0.2, 0.25) is 5.91 Å². The first-order chi connectivity index (χ1) is 9.63. The fourth-order valence-corrected chi connectivity index (χ4v) is 3.16. The lowest BCUT2D eigenvalue weighted by Crippen LogP contribution is -2.43. The van der Waals surface area contributed by atoms with Crippen LogP contribution in [0.4, 0.5) is 0 Å². The highest BCUT2D eigenvalue weighted by Gasteiger charge is 2.19. The van der Waals surface area contributed by atoms with Gasteiger partial charge >= 0.3 is 0 Å². The number of unbranched alkanes of at least 4 members (excludes halogenated alkanes) is 2. The van der Waals surface area contributed by atoms with E-state index >= 15 is 0 Å². The topological polar surface area (TPSA) is 41.1 Å². The molecular weight excluding hydrogens is 248 g/mol. The number of amides is 1. The van der Waals surface area contributed by atoms with Crippen LogP contribution in [0.25, 0.3) is 0 Å². The summed E-state index contributed by atoms with van der Waals surface area (Å²) in [6, 6.07) is -0.0577. The summed E-state index contributed by atoms with van der Waals surface area (Å²) in [6.07, 6.45) is 10.3. The monoisotopic (exact) mass is 282 g/mol. The molecule has 1 fully saturated rings. The van der Waals surface area contributed by atoms with Gasteiger partial charge in [-0.2, -0.15) is 0 Å². The highest BCUT2D eigenvalue weighted by atomic mass is 16.2. The van der Waals surface area contributed by atoms with Gasteiger partial charge in [0.1, 0.15) is 0 Å². The molecule has 20 heavy (non-hydrogen) atoms.